The van der Waals surface area contributed by atoms with Gasteiger partial charge in [0.1, 0.15) is 18.2 Å². The van der Waals surface area contributed by atoms with Crippen LogP contribution in [0.4, 0.5) is 0 Å². The number of carbonyl (C=O) groups is 1. The van der Waals surface area contributed by atoms with Crippen LogP contribution in [0.5, 0.6) is 11.5 Å². The molecule has 3 aliphatic rings. The van der Waals surface area contributed by atoms with Crippen molar-refractivity contribution in [1.82, 2.24) is 4.90 Å². The number of ether oxygens (including phenoxy) is 3. The van der Waals surface area contributed by atoms with E-state index in [9.17, 15) is 4.79 Å². The van der Waals surface area contributed by atoms with E-state index in [0.717, 1.165) is 59.5 Å². The lowest BCUT2D eigenvalue weighted by Crippen LogP contribution is -2.37. The van der Waals surface area contributed by atoms with Crippen molar-refractivity contribution in [2.75, 3.05) is 19.9 Å². The van der Waals surface area contributed by atoms with Crippen molar-refractivity contribution in [2.45, 2.75) is 32.4 Å². The molecule has 150 valence electrons. The summed E-state index contributed by atoms with van der Waals surface area (Å²) in [6.45, 7) is 4.95. The van der Waals surface area contributed by atoms with E-state index in [-0.39, 0.29) is 11.9 Å². The molecule has 29 heavy (non-hydrogen) atoms. The number of hydrogen-bond donors (Lipinski definition) is 0. The summed E-state index contributed by atoms with van der Waals surface area (Å²) in [5.74, 6) is 1.72. The van der Waals surface area contributed by atoms with E-state index in [1.54, 1.807) is 6.08 Å². The predicted molar refractivity (Wildman–Crippen MR) is 113 cm³/mol. The molecule has 0 saturated carbocycles. The van der Waals surface area contributed by atoms with Crippen LogP contribution >= 0.6 is 15.9 Å². The van der Waals surface area contributed by atoms with Crippen molar-refractivity contribution < 1.29 is 19.0 Å². The Balaban J connectivity index is 1.42. The number of Topliss-reactive ketones (excluding diaryl/α,β-unsaturated/α-hetero) is 1. The largest absolute Gasteiger partial charge is 0.477 e. The van der Waals surface area contributed by atoms with Gasteiger partial charge in [0.05, 0.1) is 11.7 Å². The van der Waals surface area contributed by atoms with Crippen molar-refractivity contribution in [2.24, 2.45) is 0 Å². The van der Waals surface area contributed by atoms with Gasteiger partial charge in [0.15, 0.2) is 5.76 Å². The van der Waals surface area contributed by atoms with Crippen LogP contribution in [-0.4, -0.2) is 36.7 Å². The van der Waals surface area contributed by atoms with E-state index < -0.39 is 0 Å². The van der Waals surface area contributed by atoms with E-state index in [0.29, 0.717) is 23.8 Å². The Morgan fingerprint density at radius 2 is 2.17 bits per heavy atom. The Morgan fingerprint density at radius 1 is 1.28 bits per heavy atom. The number of nitrogens with zero attached hydrogens (tertiary/aromatic N) is 1. The van der Waals surface area contributed by atoms with Crippen LogP contribution in [-0.2, 0) is 11.3 Å². The number of hydrogen-bond acceptors (Lipinski definition) is 5. The minimum absolute atomic E-state index is 0.0814. The summed E-state index contributed by atoms with van der Waals surface area (Å²) < 4.78 is 18.8. The summed E-state index contributed by atoms with van der Waals surface area (Å²) >= 11 is 3.46. The van der Waals surface area contributed by atoms with Crippen LogP contribution in [0.1, 0.15) is 39.9 Å². The second-order valence-corrected chi connectivity index (χ2v) is 8.70. The molecule has 1 atom stereocenters. The Hall–Kier alpha value is -2.15. The van der Waals surface area contributed by atoms with Gasteiger partial charge in [-0.1, -0.05) is 28.1 Å². The molecular formula is C23H22BrNO4. The minimum Gasteiger partial charge on any atom is -0.477 e. The van der Waals surface area contributed by atoms with Gasteiger partial charge in [-0.2, -0.15) is 0 Å². The maximum Gasteiger partial charge on any atom is 0.231 e. The molecule has 0 spiro atoms. The zero-order valence-electron chi connectivity index (χ0n) is 16.2. The van der Waals surface area contributed by atoms with Gasteiger partial charge in [0.2, 0.25) is 5.78 Å². The molecule has 0 amide bonds. The summed E-state index contributed by atoms with van der Waals surface area (Å²) in [4.78, 5) is 15.2. The zero-order chi connectivity index (χ0) is 20.0. The summed E-state index contributed by atoms with van der Waals surface area (Å²) in [5.41, 5.74) is 3.45. The van der Waals surface area contributed by atoms with Crippen LogP contribution in [0.25, 0.3) is 6.08 Å². The van der Waals surface area contributed by atoms with Crippen molar-refractivity contribution in [3.8, 4) is 11.5 Å². The van der Waals surface area contributed by atoms with Crippen LogP contribution in [0.3, 0.4) is 0 Å². The number of ketones is 1. The first-order valence-electron chi connectivity index (χ1n) is 9.91. The van der Waals surface area contributed by atoms with Crippen LogP contribution in [0.2, 0.25) is 0 Å². The lowest BCUT2D eigenvalue weighted by molar-refractivity contribution is 0.0276. The fourth-order valence-electron chi connectivity index (χ4n) is 4.24. The highest BCUT2D eigenvalue weighted by Gasteiger charge is 2.34. The van der Waals surface area contributed by atoms with E-state index in [1.807, 2.05) is 37.3 Å². The second-order valence-electron chi connectivity index (χ2n) is 7.78. The fraction of sp³-hybridized carbons (Fsp3) is 0.348. The van der Waals surface area contributed by atoms with Crippen LogP contribution in [0.15, 0.2) is 40.6 Å². The highest BCUT2D eigenvalue weighted by Crippen LogP contribution is 2.43. The fourth-order valence-corrected chi connectivity index (χ4v) is 4.65. The quantitative estimate of drug-likeness (QED) is 0.627. The highest BCUT2D eigenvalue weighted by atomic mass is 79.9. The van der Waals surface area contributed by atoms with Crippen molar-refractivity contribution >= 4 is 27.8 Å². The topological polar surface area (TPSA) is 48.0 Å². The lowest BCUT2D eigenvalue weighted by atomic mass is 10.00. The van der Waals surface area contributed by atoms with E-state index in [4.69, 9.17) is 14.2 Å². The smallest absolute Gasteiger partial charge is 0.231 e. The molecule has 0 aromatic heterocycles. The summed E-state index contributed by atoms with van der Waals surface area (Å²) in [6.07, 6.45) is 4.29. The third-order valence-electron chi connectivity index (χ3n) is 5.63. The first-order valence-corrected chi connectivity index (χ1v) is 10.7. The minimum atomic E-state index is -0.0814. The molecule has 0 N–H and O–H groups in total. The number of carbonyl (C=O) groups excluding carboxylic acids is 1. The molecule has 6 heteroatoms. The Labute approximate surface area is 178 Å². The van der Waals surface area contributed by atoms with Gasteiger partial charge in [-0.05, 0) is 49.6 Å². The van der Waals surface area contributed by atoms with Gasteiger partial charge in [-0.25, -0.2) is 0 Å². The molecule has 5 nitrogen and oxygen atoms in total. The molecule has 2 aromatic rings. The van der Waals surface area contributed by atoms with E-state index in [1.165, 1.54) is 0 Å². The first kappa shape index (κ1) is 18.9. The molecule has 0 radical (unpaired) electrons. The average Bonchev–Trinajstić information content (AvgIpc) is 3.31. The molecule has 3 heterocycles. The van der Waals surface area contributed by atoms with Crippen LogP contribution < -0.4 is 9.47 Å². The Kier molecular flexibility index (Phi) is 4.94. The maximum atomic E-state index is 13.0. The molecule has 3 aliphatic heterocycles. The molecule has 5 rings (SSSR count). The third-order valence-corrected chi connectivity index (χ3v) is 6.13. The maximum absolute atomic E-state index is 13.0. The average molecular weight is 456 g/mol. The summed E-state index contributed by atoms with van der Waals surface area (Å²) in [6, 6.07) is 9.72. The zero-order valence-corrected chi connectivity index (χ0v) is 17.8. The van der Waals surface area contributed by atoms with Gasteiger partial charge >= 0.3 is 0 Å². The molecular weight excluding hydrogens is 434 g/mol. The first-order chi connectivity index (χ1) is 14.1. The SMILES string of the molecule is Cc1c2c(cc3c1O/C(=C\c1cccc(Br)c1)C3=O)CN(CC1CCCO1)CO2. The van der Waals surface area contributed by atoms with Crippen LogP contribution in [0, 0.1) is 6.92 Å². The number of benzene rings is 2. The van der Waals surface area contributed by atoms with E-state index in [2.05, 4.69) is 20.8 Å². The van der Waals surface area contributed by atoms with Crippen molar-refractivity contribution in [1.29, 1.82) is 0 Å². The molecule has 0 bridgehead atoms. The molecule has 0 aliphatic carbocycles. The monoisotopic (exact) mass is 455 g/mol. The lowest BCUT2D eigenvalue weighted by Gasteiger charge is -2.31. The normalized spacial score (nSPS) is 22.3. The number of fused-ring (bicyclic) bond motifs is 2. The molecule has 1 unspecified atom stereocenters. The van der Waals surface area contributed by atoms with Gasteiger partial charge < -0.3 is 14.2 Å². The number of halogens is 1. The number of allylic oxidation sites excluding steroid dienone is 1. The third kappa shape index (κ3) is 3.61. The predicted octanol–water partition coefficient (Wildman–Crippen LogP) is 4.70. The Bertz CT molecular complexity index is 1010. The molecule has 1 fully saturated rings. The highest BCUT2D eigenvalue weighted by molar-refractivity contribution is 9.10. The molecule has 1 saturated heterocycles. The second kappa shape index (κ2) is 7.59. The Morgan fingerprint density at radius 3 is 2.97 bits per heavy atom. The molecule has 2 aromatic carbocycles. The van der Waals surface area contributed by atoms with Crippen molar-refractivity contribution in [3.05, 3.63) is 62.8 Å². The van der Waals surface area contributed by atoms with Gasteiger partial charge in [0.25, 0.3) is 0 Å². The van der Waals surface area contributed by atoms with E-state index >= 15 is 0 Å². The van der Waals surface area contributed by atoms with Gasteiger partial charge in [-0.15, -0.1) is 0 Å². The number of rotatable bonds is 3. The van der Waals surface area contributed by atoms with Crippen molar-refractivity contribution in [3.63, 3.8) is 0 Å². The summed E-state index contributed by atoms with van der Waals surface area (Å²) in [7, 11) is 0. The van der Waals surface area contributed by atoms with Gasteiger partial charge in [0, 0.05) is 35.3 Å². The van der Waals surface area contributed by atoms with Gasteiger partial charge in [-0.3, -0.25) is 9.69 Å². The standard InChI is InChI=1S/C23H22BrNO4/c1-14-22-16(11-25(13-28-22)12-18-6-3-7-27-18)10-19-21(26)20(29-23(14)19)9-15-4-2-5-17(24)8-15/h2,4-5,8-10,18H,3,6-7,11-13H2,1H3/b20-9-. The summed E-state index contributed by atoms with van der Waals surface area (Å²) in [5, 5.41) is 0.